The number of fused-ring (bicyclic) bond motifs is 5. The molecule has 0 radical (unpaired) electrons. The number of aliphatic hydroxyl groups excluding tert-OH is 3. The Balaban J connectivity index is 1.55. The van der Waals surface area contributed by atoms with Crippen molar-refractivity contribution in [2.24, 2.45) is 52.3 Å². The molecule has 3 nitrogen and oxygen atoms in total. The minimum Gasteiger partial charge on any atom is -0.396 e. The van der Waals surface area contributed by atoms with Crippen LogP contribution in [0.2, 0.25) is 0 Å². The summed E-state index contributed by atoms with van der Waals surface area (Å²) in [6.45, 7) is 10.2. The lowest BCUT2D eigenvalue weighted by Gasteiger charge is -2.64. The minimum absolute atomic E-state index is 0.160. The van der Waals surface area contributed by atoms with Crippen LogP contribution in [0, 0.1) is 52.3 Å². The second kappa shape index (κ2) is 9.26. The van der Waals surface area contributed by atoms with E-state index in [1.54, 1.807) is 0 Å². The first-order valence-electron chi connectivity index (χ1n) is 13.7. The van der Waals surface area contributed by atoms with Gasteiger partial charge in [-0.2, -0.15) is 0 Å². The van der Waals surface area contributed by atoms with E-state index in [4.69, 9.17) is 5.11 Å². The van der Waals surface area contributed by atoms with Crippen LogP contribution in [-0.2, 0) is 0 Å². The van der Waals surface area contributed by atoms with E-state index in [9.17, 15) is 10.2 Å². The predicted molar refractivity (Wildman–Crippen MR) is 126 cm³/mol. The summed E-state index contributed by atoms with van der Waals surface area (Å²) in [4.78, 5) is 0. The summed E-state index contributed by atoms with van der Waals surface area (Å²) in [7, 11) is 0. The SMILES string of the molecule is CC[C@@H]1C2C[C@H](O)CCC2(C)C2CC[C@@]3(C)C(CC[C@@H]3[C@H](C)CCCCCO)C2[C@@H]1O. The standard InChI is InChI=1S/C28H50O3/c1-5-20-24-17-19(30)12-14-28(24,4)23-13-15-27(3)21(18(2)9-7-6-8-16-29)10-11-22(27)25(23)26(20)31/h18-26,29-31H,5-17H2,1-4H3/t18-,19-,20-,21-,22?,23?,24?,25?,26-,27-,28?/m1/s1. The molecule has 0 aromatic rings. The maximum Gasteiger partial charge on any atom is 0.0605 e. The van der Waals surface area contributed by atoms with Gasteiger partial charge in [0.1, 0.15) is 0 Å². The van der Waals surface area contributed by atoms with E-state index in [1.165, 1.54) is 38.5 Å². The van der Waals surface area contributed by atoms with Crippen LogP contribution in [-0.4, -0.2) is 34.1 Å². The van der Waals surface area contributed by atoms with Gasteiger partial charge in [-0.1, -0.05) is 53.4 Å². The lowest BCUT2D eigenvalue weighted by Crippen LogP contribution is -2.62. The highest BCUT2D eigenvalue weighted by molar-refractivity contribution is 5.13. The van der Waals surface area contributed by atoms with Crippen molar-refractivity contribution >= 4 is 0 Å². The Bertz CT molecular complexity index is 607. The molecule has 4 saturated carbocycles. The fourth-order valence-corrected chi connectivity index (χ4v) is 9.89. The Labute approximate surface area is 191 Å². The molecule has 4 aliphatic carbocycles. The van der Waals surface area contributed by atoms with E-state index >= 15 is 0 Å². The summed E-state index contributed by atoms with van der Waals surface area (Å²) in [6, 6.07) is 0. The van der Waals surface area contributed by atoms with Crippen molar-refractivity contribution in [1.29, 1.82) is 0 Å². The maximum absolute atomic E-state index is 11.8. The number of hydrogen-bond acceptors (Lipinski definition) is 3. The summed E-state index contributed by atoms with van der Waals surface area (Å²) in [6.07, 6.45) is 13.6. The second-order valence-electron chi connectivity index (χ2n) is 12.7. The highest BCUT2D eigenvalue weighted by Gasteiger charge is 2.64. The van der Waals surface area contributed by atoms with Crippen molar-refractivity contribution in [1.82, 2.24) is 0 Å². The highest BCUT2D eigenvalue weighted by atomic mass is 16.3. The normalized spacial score (nSPS) is 50.4. The predicted octanol–water partition coefficient (Wildman–Crippen LogP) is 5.80. The molecule has 0 heterocycles. The maximum atomic E-state index is 11.8. The summed E-state index contributed by atoms with van der Waals surface area (Å²) in [5.74, 6) is 4.17. The molecule has 3 N–H and O–H groups in total. The minimum atomic E-state index is -0.179. The van der Waals surface area contributed by atoms with Crippen molar-refractivity contribution in [3.05, 3.63) is 0 Å². The van der Waals surface area contributed by atoms with Gasteiger partial charge in [0.15, 0.2) is 0 Å². The zero-order chi connectivity index (χ0) is 22.4. The molecule has 0 bridgehead atoms. The van der Waals surface area contributed by atoms with Crippen LogP contribution >= 0.6 is 0 Å². The van der Waals surface area contributed by atoms with Crippen LogP contribution in [0.15, 0.2) is 0 Å². The molecule has 4 fully saturated rings. The van der Waals surface area contributed by atoms with Gasteiger partial charge in [0.2, 0.25) is 0 Å². The van der Waals surface area contributed by atoms with E-state index in [0.29, 0.717) is 47.0 Å². The Morgan fingerprint density at radius 2 is 1.58 bits per heavy atom. The zero-order valence-electron chi connectivity index (χ0n) is 20.7. The Hall–Kier alpha value is -0.120. The number of aliphatic hydroxyl groups is 3. The molecule has 0 aromatic carbocycles. The van der Waals surface area contributed by atoms with E-state index in [1.807, 2.05) is 0 Å². The topological polar surface area (TPSA) is 60.7 Å². The van der Waals surface area contributed by atoms with E-state index in [-0.39, 0.29) is 12.2 Å². The lowest BCUT2D eigenvalue weighted by atomic mass is 9.41. The van der Waals surface area contributed by atoms with Gasteiger partial charge >= 0.3 is 0 Å². The van der Waals surface area contributed by atoms with Gasteiger partial charge in [0, 0.05) is 6.61 Å². The van der Waals surface area contributed by atoms with Crippen LogP contribution in [0.4, 0.5) is 0 Å². The third kappa shape index (κ3) is 3.93. The number of unbranched alkanes of at least 4 members (excludes halogenated alkanes) is 2. The van der Waals surface area contributed by atoms with Crippen LogP contribution in [0.1, 0.15) is 105 Å². The summed E-state index contributed by atoms with van der Waals surface area (Å²) < 4.78 is 0. The van der Waals surface area contributed by atoms with Gasteiger partial charge in [0.25, 0.3) is 0 Å². The molecule has 0 spiro atoms. The van der Waals surface area contributed by atoms with Gasteiger partial charge in [-0.3, -0.25) is 0 Å². The molecule has 4 rings (SSSR count). The zero-order valence-corrected chi connectivity index (χ0v) is 20.7. The Morgan fingerprint density at radius 3 is 2.29 bits per heavy atom. The molecular weight excluding hydrogens is 384 g/mol. The van der Waals surface area contributed by atoms with E-state index in [0.717, 1.165) is 50.4 Å². The third-order valence-electron chi connectivity index (χ3n) is 11.5. The first kappa shape index (κ1) is 24.0. The van der Waals surface area contributed by atoms with E-state index < -0.39 is 0 Å². The average molecular weight is 435 g/mol. The van der Waals surface area contributed by atoms with Gasteiger partial charge in [-0.25, -0.2) is 0 Å². The quantitative estimate of drug-likeness (QED) is 0.444. The summed E-state index contributed by atoms with van der Waals surface area (Å²) >= 11 is 0. The van der Waals surface area contributed by atoms with Gasteiger partial charge in [-0.05, 0) is 104 Å². The van der Waals surface area contributed by atoms with Crippen LogP contribution in [0.3, 0.4) is 0 Å². The fraction of sp³-hybridized carbons (Fsp3) is 1.00. The molecule has 11 atom stereocenters. The molecule has 4 aliphatic rings. The monoisotopic (exact) mass is 434 g/mol. The highest BCUT2D eigenvalue weighted by Crippen LogP contribution is 2.69. The van der Waals surface area contributed by atoms with Crippen molar-refractivity contribution in [3.8, 4) is 0 Å². The van der Waals surface area contributed by atoms with Crippen LogP contribution in [0.5, 0.6) is 0 Å². The molecular formula is C28H50O3. The molecule has 0 saturated heterocycles. The summed E-state index contributed by atoms with van der Waals surface area (Å²) in [5.41, 5.74) is 0.688. The van der Waals surface area contributed by atoms with Gasteiger partial charge in [-0.15, -0.1) is 0 Å². The van der Waals surface area contributed by atoms with Crippen LogP contribution < -0.4 is 0 Å². The molecule has 0 amide bonds. The second-order valence-corrected chi connectivity index (χ2v) is 12.7. The third-order valence-corrected chi connectivity index (χ3v) is 11.5. The molecule has 180 valence electrons. The summed E-state index contributed by atoms with van der Waals surface area (Å²) in [5, 5.41) is 31.3. The smallest absolute Gasteiger partial charge is 0.0605 e. The van der Waals surface area contributed by atoms with Crippen molar-refractivity contribution < 1.29 is 15.3 Å². The fourth-order valence-electron chi connectivity index (χ4n) is 9.89. The number of rotatable bonds is 7. The Kier molecular flexibility index (Phi) is 7.17. The van der Waals surface area contributed by atoms with Crippen molar-refractivity contribution in [3.63, 3.8) is 0 Å². The van der Waals surface area contributed by atoms with Gasteiger partial charge in [0.05, 0.1) is 12.2 Å². The molecule has 0 aromatic heterocycles. The first-order chi connectivity index (χ1) is 14.8. The van der Waals surface area contributed by atoms with Crippen molar-refractivity contribution in [2.75, 3.05) is 6.61 Å². The van der Waals surface area contributed by atoms with Crippen molar-refractivity contribution in [2.45, 2.75) is 117 Å². The average Bonchev–Trinajstić information content (AvgIpc) is 3.10. The van der Waals surface area contributed by atoms with Crippen LogP contribution in [0.25, 0.3) is 0 Å². The van der Waals surface area contributed by atoms with E-state index in [2.05, 4.69) is 27.7 Å². The Morgan fingerprint density at radius 1 is 0.871 bits per heavy atom. The number of hydrogen-bond donors (Lipinski definition) is 3. The molecule has 31 heavy (non-hydrogen) atoms. The van der Waals surface area contributed by atoms with Gasteiger partial charge < -0.3 is 15.3 Å². The first-order valence-corrected chi connectivity index (χ1v) is 13.7. The largest absolute Gasteiger partial charge is 0.396 e. The molecule has 3 heteroatoms. The molecule has 5 unspecified atom stereocenters. The molecule has 0 aliphatic heterocycles. The lowest BCUT2D eigenvalue weighted by molar-refractivity contribution is -0.203.